The van der Waals surface area contributed by atoms with E-state index in [0.717, 1.165) is 5.56 Å². The minimum Gasteiger partial charge on any atom is -0.406 e. The van der Waals surface area contributed by atoms with Crippen LogP contribution in [0.15, 0.2) is 55.1 Å². The molecule has 4 amide bonds. The summed E-state index contributed by atoms with van der Waals surface area (Å²) in [7, 11) is 0. The Hall–Kier alpha value is -3.69. The Kier molecular flexibility index (Phi) is 7.47. The number of benzene rings is 2. The number of alkyl halides is 3. The number of nitrogens with zero attached hydrogens (tertiary/aromatic N) is 2. The van der Waals surface area contributed by atoms with Gasteiger partial charge in [0.25, 0.3) is 0 Å². The summed E-state index contributed by atoms with van der Waals surface area (Å²) < 4.78 is 41.6. The summed E-state index contributed by atoms with van der Waals surface area (Å²) >= 11 is 0. The van der Waals surface area contributed by atoms with Crippen LogP contribution in [0, 0.1) is 6.92 Å². The number of hydrogen-bond donors (Lipinski definition) is 2. The second-order valence-electron chi connectivity index (χ2n) is 7.55. The molecule has 176 valence electrons. The van der Waals surface area contributed by atoms with Gasteiger partial charge in [0.05, 0.1) is 11.4 Å². The van der Waals surface area contributed by atoms with Crippen molar-refractivity contribution in [1.29, 1.82) is 0 Å². The van der Waals surface area contributed by atoms with Gasteiger partial charge in [-0.1, -0.05) is 24.3 Å². The number of nitrogens with one attached hydrogen (secondary N) is 2. The normalized spacial score (nSPS) is 14.1. The molecule has 0 aliphatic carbocycles. The van der Waals surface area contributed by atoms with Crippen LogP contribution in [0.5, 0.6) is 5.75 Å². The van der Waals surface area contributed by atoms with Crippen LogP contribution in [0.1, 0.15) is 17.5 Å². The average Bonchev–Trinajstić information content (AvgIpc) is 2.73. The van der Waals surface area contributed by atoms with Crippen LogP contribution < -0.4 is 20.3 Å². The van der Waals surface area contributed by atoms with Gasteiger partial charge in [-0.25, -0.2) is 9.59 Å². The highest BCUT2D eigenvalue weighted by atomic mass is 19.4. The first-order valence-electron chi connectivity index (χ1n) is 10.3. The maximum absolute atomic E-state index is 13.2. The van der Waals surface area contributed by atoms with Crippen molar-refractivity contribution in [3.8, 4) is 5.75 Å². The highest BCUT2D eigenvalue weighted by Gasteiger charge is 2.32. The zero-order chi connectivity index (χ0) is 24.0. The molecule has 0 bridgehead atoms. The van der Waals surface area contributed by atoms with E-state index in [1.165, 1.54) is 18.2 Å². The van der Waals surface area contributed by atoms with Gasteiger partial charge in [0, 0.05) is 26.2 Å². The molecule has 3 rings (SSSR count). The molecule has 2 N–H and O–H groups in total. The van der Waals surface area contributed by atoms with Gasteiger partial charge in [0.1, 0.15) is 5.75 Å². The minimum absolute atomic E-state index is 0.124. The standard InChI is InChI=1S/C23H25F3N4O3/c1-3-10-27-21(31)28-19-13-16(2)8-9-20(19)30-12-5-11-29(22(30)32)15-17-6-4-7-18(14-17)33-23(24,25)26/h3-4,6-9,13-14H,1,5,10-12,15H2,2H3,(H2,27,28,31). The number of ether oxygens (including phenoxy) is 1. The first kappa shape index (κ1) is 24.0. The van der Waals surface area contributed by atoms with Crippen LogP contribution in [-0.4, -0.2) is 43.0 Å². The Morgan fingerprint density at radius 3 is 2.73 bits per heavy atom. The van der Waals surface area contributed by atoms with Crippen LogP contribution in [0.2, 0.25) is 0 Å². The Morgan fingerprint density at radius 2 is 2.00 bits per heavy atom. The first-order valence-corrected chi connectivity index (χ1v) is 10.3. The molecule has 1 heterocycles. The SMILES string of the molecule is C=CCNC(=O)Nc1cc(C)ccc1N1CCCN(Cc2cccc(OC(F)(F)F)c2)C1=O. The second-order valence-corrected chi connectivity index (χ2v) is 7.55. The number of carbonyl (C=O) groups excluding carboxylic acids is 2. The average molecular weight is 462 g/mol. The number of aryl methyl sites for hydroxylation is 1. The van der Waals surface area contributed by atoms with Gasteiger partial charge in [-0.3, -0.25) is 4.90 Å². The smallest absolute Gasteiger partial charge is 0.406 e. The lowest BCUT2D eigenvalue weighted by Gasteiger charge is -2.36. The summed E-state index contributed by atoms with van der Waals surface area (Å²) in [6.07, 6.45) is -2.58. The molecular weight excluding hydrogens is 437 g/mol. The van der Waals surface area contributed by atoms with Gasteiger partial charge >= 0.3 is 18.4 Å². The molecule has 7 nitrogen and oxygen atoms in total. The number of carbonyl (C=O) groups is 2. The van der Waals surface area contributed by atoms with Crippen molar-refractivity contribution in [2.75, 3.05) is 29.9 Å². The van der Waals surface area contributed by atoms with Gasteiger partial charge in [0.2, 0.25) is 0 Å². The van der Waals surface area contributed by atoms with Crippen molar-refractivity contribution in [2.45, 2.75) is 26.3 Å². The zero-order valence-electron chi connectivity index (χ0n) is 18.1. The van der Waals surface area contributed by atoms with Crippen molar-refractivity contribution in [1.82, 2.24) is 10.2 Å². The maximum atomic E-state index is 13.2. The Morgan fingerprint density at radius 1 is 1.21 bits per heavy atom. The van der Waals surface area contributed by atoms with Gasteiger partial charge in [0.15, 0.2) is 0 Å². The summed E-state index contributed by atoms with van der Waals surface area (Å²) in [5.41, 5.74) is 2.43. The third kappa shape index (κ3) is 6.64. The van der Waals surface area contributed by atoms with E-state index in [-0.39, 0.29) is 18.3 Å². The largest absolute Gasteiger partial charge is 0.573 e. The van der Waals surface area contributed by atoms with Gasteiger partial charge in [-0.2, -0.15) is 0 Å². The van der Waals surface area contributed by atoms with Gasteiger partial charge < -0.3 is 20.3 Å². The van der Waals surface area contributed by atoms with Gasteiger partial charge in [-0.05, 0) is 48.7 Å². The topological polar surface area (TPSA) is 73.9 Å². The molecule has 0 atom stereocenters. The summed E-state index contributed by atoms with van der Waals surface area (Å²) in [6.45, 7) is 6.74. The third-order valence-electron chi connectivity index (χ3n) is 4.91. The van der Waals surface area contributed by atoms with Crippen LogP contribution in [-0.2, 0) is 6.54 Å². The van der Waals surface area contributed by atoms with Crippen LogP contribution in [0.25, 0.3) is 0 Å². The van der Waals surface area contributed by atoms with E-state index >= 15 is 0 Å². The van der Waals surface area contributed by atoms with Crippen molar-refractivity contribution < 1.29 is 27.5 Å². The predicted molar refractivity (Wildman–Crippen MR) is 119 cm³/mol. The molecule has 2 aromatic rings. The Balaban J connectivity index is 1.78. The lowest BCUT2D eigenvalue weighted by Crippen LogP contribution is -2.49. The molecule has 1 aliphatic heterocycles. The molecule has 33 heavy (non-hydrogen) atoms. The van der Waals surface area contributed by atoms with E-state index in [1.54, 1.807) is 34.1 Å². The van der Waals surface area contributed by atoms with Crippen molar-refractivity contribution in [3.05, 3.63) is 66.2 Å². The molecule has 0 saturated carbocycles. The molecule has 1 aliphatic rings. The van der Waals surface area contributed by atoms with Crippen molar-refractivity contribution in [2.24, 2.45) is 0 Å². The molecular formula is C23H25F3N4O3. The Bertz CT molecular complexity index is 1030. The molecule has 2 aromatic carbocycles. The molecule has 1 fully saturated rings. The van der Waals surface area contributed by atoms with Crippen LogP contribution in [0.3, 0.4) is 0 Å². The third-order valence-corrected chi connectivity index (χ3v) is 4.91. The van der Waals surface area contributed by atoms with Crippen molar-refractivity contribution >= 4 is 23.4 Å². The number of urea groups is 2. The number of rotatable bonds is 7. The summed E-state index contributed by atoms with van der Waals surface area (Å²) in [5, 5.41) is 5.40. The van der Waals surface area contributed by atoms with E-state index in [1.807, 2.05) is 13.0 Å². The second kappa shape index (κ2) is 10.3. The lowest BCUT2D eigenvalue weighted by molar-refractivity contribution is -0.274. The fraction of sp³-hybridized carbons (Fsp3) is 0.304. The van der Waals surface area contributed by atoms with Crippen LogP contribution in [0.4, 0.5) is 34.1 Å². The van der Waals surface area contributed by atoms with Crippen LogP contribution >= 0.6 is 0 Å². The van der Waals surface area contributed by atoms with Gasteiger partial charge in [-0.15, -0.1) is 19.8 Å². The highest BCUT2D eigenvalue weighted by molar-refractivity contribution is 6.00. The number of amides is 4. The maximum Gasteiger partial charge on any atom is 0.573 e. The highest BCUT2D eigenvalue weighted by Crippen LogP contribution is 2.31. The molecule has 10 heteroatoms. The number of halogens is 3. The monoisotopic (exact) mass is 462 g/mol. The molecule has 0 unspecified atom stereocenters. The predicted octanol–water partition coefficient (Wildman–Crippen LogP) is 5.03. The summed E-state index contributed by atoms with van der Waals surface area (Å²) in [5.74, 6) is -0.336. The molecule has 0 radical (unpaired) electrons. The zero-order valence-corrected chi connectivity index (χ0v) is 18.1. The van der Waals surface area contributed by atoms with E-state index < -0.39 is 12.4 Å². The van der Waals surface area contributed by atoms with E-state index in [0.29, 0.717) is 43.0 Å². The number of anilines is 2. The molecule has 1 saturated heterocycles. The fourth-order valence-electron chi connectivity index (χ4n) is 3.53. The minimum atomic E-state index is -4.79. The number of hydrogen-bond acceptors (Lipinski definition) is 3. The summed E-state index contributed by atoms with van der Waals surface area (Å²) in [4.78, 5) is 28.5. The lowest BCUT2D eigenvalue weighted by atomic mass is 10.1. The quantitative estimate of drug-likeness (QED) is 0.567. The van der Waals surface area contributed by atoms with E-state index in [4.69, 9.17) is 0 Å². The Labute approximate surface area is 189 Å². The van der Waals surface area contributed by atoms with E-state index in [2.05, 4.69) is 21.9 Å². The first-order chi connectivity index (χ1) is 15.7. The summed E-state index contributed by atoms with van der Waals surface area (Å²) in [6, 6.07) is 10.2. The van der Waals surface area contributed by atoms with E-state index in [9.17, 15) is 22.8 Å². The fourth-order valence-corrected chi connectivity index (χ4v) is 3.53. The molecule has 0 aromatic heterocycles. The molecule has 0 spiro atoms. The van der Waals surface area contributed by atoms with Crippen molar-refractivity contribution in [3.63, 3.8) is 0 Å².